The summed E-state index contributed by atoms with van der Waals surface area (Å²) in [5, 5.41) is 11.9. The lowest BCUT2D eigenvalue weighted by molar-refractivity contribution is 1.07. The Balaban J connectivity index is 1.04. The van der Waals surface area contributed by atoms with E-state index in [0.29, 0.717) is 23.0 Å². The van der Waals surface area contributed by atoms with Gasteiger partial charge in [-0.1, -0.05) is 158 Å². The van der Waals surface area contributed by atoms with Gasteiger partial charge in [-0.05, 0) is 75.8 Å². The molecule has 5 nitrogen and oxygen atoms in total. The molecule has 0 radical (unpaired) electrons. The van der Waals surface area contributed by atoms with Crippen LogP contribution >= 0.6 is 0 Å². The maximum absolute atomic E-state index is 9.75. The van der Waals surface area contributed by atoms with Crippen LogP contribution in [0.3, 0.4) is 0 Å². The van der Waals surface area contributed by atoms with E-state index in [4.69, 9.17) is 15.0 Å². The molecule has 0 aliphatic rings. The Morgan fingerprint density at radius 3 is 1.14 bits per heavy atom. The molecule has 0 bridgehead atoms. The van der Waals surface area contributed by atoms with Gasteiger partial charge < -0.3 is 4.57 Å². The third kappa shape index (κ3) is 6.42. The molecule has 0 aliphatic heterocycles. The summed E-state index contributed by atoms with van der Waals surface area (Å²) >= 11 is 0. The molecular formula is C52H33N5. The first kappa shape index (κ1) is 33.6. The second-order valence-electron chi connectivity index (χ2n) is 14.0. The van der Waals surface area contributed by atoms with Crippen molar-refractivity contribution in [1.29, 1.82) is 5.26 Å². The first-order valence-corrected chi connectivity index (χ1v) is 18.9. The molecule has 8 aromatic carbocycles. The van der Waals surface area contributed by atoms with Gasteiger partial charge in [0.2, 0.25) is 0 Å². The van der Waals surface area contributed by atoms with Gasteiger partial charge in [-0.25, -0.2) is 15.0 Å². The summed E-state index contributed by atoms with van der Waals surface area (Å²) in [7, 11) is 0. The van der Waals surface area contributed by atoms with Crippen molar-refractivity contribution >= 4 is 21.8 Å². The summed E-state index contributed by atoms with van der Waals surface area (Å²) in [5.74, 6) is 1.83. The molecule has 0 spiro atoms. The topological polar surface area (TPSA) is 67.4 Å². The van der Waals surface area contributed by atoms with Gasteiger partial charge in [-0.2, -0.15) is 5.26 Å². The van der Waals surface area contributed by atoms with E-state index in [1.54, 1.807) is 0 Å². The van der Waals surface area contributed by atoms with Crippen LogP contribution in [0.2, 0.25) is 0 Å². The largest absolute Gasteiger partial charge is 0.309 e. The van der Waals surface area contributed by atoms with Crippen molar-refractivity contribution in [3.05, 3.63) is 206 Å². The predicted octanol–water partition coefficient (Wildman–Crippen LogP) is 12.8. The Labute approximate surface area is 330 Å². The van der Waals surface area contributed by atoms with Crippen LogP contribution in [-0.4, -0.2) is 19.5 Å². The van der Waals surface area contributed by atoms with Crippen molar-refractivity contribution in [2.24, 2.45) is 0 Å². The van der Waals surface area contributed by atoms with Crippen LogP contribution in [0.15, 0.2) is 200 Å². The number of nitriles is 1. The molecule has 57 heavy (non-hydrogen) atoms. The highest BCUT2D eigenvalue weighted by molar-refractivity contribution is 6.11. The molecule has 10 rings (SSSR count). The SMILES string of the molecule is N#Cc1ccc2c(c1)c1cc(-c3ccc(-c4nc(-c5ccc(-c6ccccc6)cc5)nc(-c5ccc(-c6ccccc6)cc5)n4)cc3)ccc1n2-c1ccccc1. The lowest BCUT2D eigenvalue weighted by Gasteiger charge is -2.11. The van der Waals surface area contributed by atoms with Crippen LogP contribution in [0.4, 0.5) is 0 Å². The Bertz CT molecular complexity index is 2970. The van der Waals surface area contributed by atoms with E-state index in [2.05, 4.69) is 162 Å². The smallest absolute Gasteiger partial charge is 0.164 e. The van der Waals surface area contributed by atoms with E-state index in [1.807, 2.05) is 48.5 Å². The number of nitrogens with zero attached hydrogens (tertiary/aromatic N) is 5. The Morgan fingerprint density at radius 1 is 0.333 bits per heavy atom. The first-order valence-electron chi connectivity index (χ1n) is 18.9. The highest BCUT2D eigenvalue weighted by atomic mass is 15.0. The van der Waals surface area contributed by atoms with E-state index in [0.717, 1.165) is 77.6 Å². The van der Waals surface area contributed by atoms with Gasteiger partial charge in [0, 0.05) is 33.2 Å². The van der Waals surface area contributed by atoms with Crippen LogP contribution in [0, 0.1) is 11.3 Å². The molecule has 266 valence electrons. The van der Waals surface area contributed by atoms with Crippen LogP contribution in [0.1, 0.15) is 5.56 Å². The van der Waals surface area contributed by atoms with Crippen LogP contribution in [0.5, 0.6) is 0 Å². The Morgan fingerprint density at radius 2 is 0.684 bits per heavy atom. The molecule has 0 atom stereocenters. The molecule has 10 aromatic rings. The zero-order valence-electron chi connectivity index (χ0n) is 30.8. The second-order valence-corrected chi connectivity index (χ2v) is 14.0. The molecular weight excluding hydrogens is 695 g/mol. The van der Waals surface area contributed by atoms with Crippen molar-refractivity contribution < 1.29 is 0 Å². The second kappa shape index (κ2) is 14.4. The number of hydrogen-bond donors (Lipinski definition) is 0. The van der Waals surface area contributed by atoms with E-state index >= 15 is 0 Å². The summed E-state index contributed by atoms with van der Waals surface area (Å²) < 4.78 is 2.26. The average Bonchev–Trinajstić information content (AvgIpc) is 3.63. The van der Waals surface area contributed by atoms with Crippen LogP contribution in [-0.2, 0) is 0 Å². The van der Waals surface area contributed by atoms with Crippen molar-refractivity contribution in [1.82, 2.24) is 19.5 Å². The number of hydrogen-bond acceptors (Lipinski definition) is 4. The highest BCUT2D eigenvalue weighted by Crippen LogP contribution is 2.36. The molecule has 0 N–H and O–H groups in total. The molecule has 0 amide bonds. The quantitative estimate of drug-likeness (QED) is 0.164. The fourth-order valence-electron chi connectivity index (χ4n) is 7.59. The summed E-state index contributed by atoms with van der Waals surface area (Å²) in [6, 6.07) is 71.1. The number of rotatable bonds is 7. The van der Waals surface area contributed by atoms with Gasteiger partial charge in [-0.15, -0.1) is 0 Å². The third-order valence-electron chi connectivity index (χ3n) is 10.5. The molecule has 0 saturated carbocycles. The van der Waals surface area contributed by atoms with Gasteiger partial charge in [0.25, 0.3) is 0 Å². The van der Waals surface area contributed by atoms with Crippen molar-refractivity contribution in [2.75, 3.05) is 0 Å². The normalized spacial score (nSPS) is 11.1. The minimum absolute atomic E-state index is 0.603. The highest BCUT2D eigenvalue weighted by Gasteiger charge is 2.16. The molecule has 5 heteroatoms. The van der Waals surface area contributed by atoms with Gasteiger partial charge in [-0.3, -0.25) is 0 Å². The minimum atomic E-state index is 0.603. The minimum Gasteiger partial charge on any atom is -0.309 e. The van der Waals surface area contributed by atoms with Gasteiger partial charge in [0.05, 0.1) is 22.7 Å². The summed E-state index contributed by atoms with van der Waals surface area (Å²) in [6.07, 6.45) is 0. The monoisotopic (exact) mass is 727 g/mol. The number of benzene rings is 8. The standard InChI is InChI=1S/C52H33N5/c53-34-35-16-30-48-46(32-35)47-33-44(29-31-49(47)57(48)45-14-8-3-9-15-45)40-21-27-43(28-22-40)52-55-50(41-23-17-38(18-24-41)36-10-4-1-5-11-36)54-51(56-52)42-25-19-39(20-26-42)37-12-6-2-7-13-37/h1-33H. The van der Waals surface area contributed by atoms with Gasteiger partial charge >= 0.3 is 0 Å². The summed E-state index contributed by atoms with van der Waals surface area (Å²) in [5.41, 5.74) is 13.3. The van der Waals surface area contributed by atoms with E-state index in [1.165, 1.54) is 0 Å². The predicted molar refractivity (Wildman–Crippen MR) is 231 cm³/mol. The third-order valence-corrected chi connectivity index (χ3v) is 10.5. The zero-order valence-corrected chi connectivity index (χ0v) is 30.8. The summed E-state index contributed by atoms with van der Waals surface area (Å²) in [4.78, 5) is 15.1. The van der Waals surface area contributed by atoms with Gasteiger partial charge in [0.1, 0.15) is 0 Å². The molecule has 2 aromatic heterocycles. The zero-order chi connectivity index (χ0) is 38.1. The van der Waals surface area contributed by atoms with E-state index < -0.39 is 0 Å². The van der Waals surface area contributed by atoms with Crippen molar-refractivity contribution in [3.63, 3.8) is 0 Å². The molecule has 0 saturated heterocycles. The number of para-hydroxylation sites is 1. The fourth-order valence-corrected chi connectivity index (χ4v) is 7.59. The molecule has 0 unspecified atom stereocenters. The van der Waals surface area contributed by atoms with Crippen LogP contribution < -0.4 is 0 Å². The average molecular weight is 728 g/mol. The number of aromatic nitrogens is 4. The molecule has 0 fully saturated rings. The van der Waals surface area contributed by atoms with E-state index in [-0.39, 0.29) is 0 Å². The Kier molecular flexibility index (Phi) is 8.48. The number of fused-ring (bicyclic) bond motifs is 3. The lowest BCUT2D eigenvalue weighted by Crippen LogP contribution is -2.00. The van der Waals surface area contributed by atoms with E-state index in [9.17, 15) is 5.26 Å². The first-order chi connectivity index (χ1) is 28.2. The summed E-state index contributed by atoms with van der Waals surface area (Å²) in [6.45, 7) is 0. The Hall–Kier alpha value is -7.94. The maximum Gasteiger partial charge on any atom is 0.164 e. The van der Waals surface area contributed by atoms with Crippen molar-refractivity contribution in [3.8, 4) is 79.3 Å². The molecule has 0 aliphatic carbocycles. The van der Waals surface area contributed by atoms with Crippen LogP contribution in [0.25, 0.3) is 95.0 Å². The van der Waals surface area contributed by atoms with Gasteiger partial charge in [0.15, 0.2) is 17.5 Å². The molecule has 2 heterocycles. The maximum atomic E-state index is 9.75. The lowest BCUT2D eigenvalue weighted by atomic mass is 10.0. The van der Waals surface area contributed by atoms with Crippen molar-refractivity contribution in [2.45, 2.75) is 0 Å². The fraction of sp³-hybridized carbons (Fsp3) is 0.